The number of amides is 1. The van der Waals surface area contributed by atoms with Crippen LogP contribution in [0.4, 0.5) is 0 Å². The summed E-state index contributed by atoms with van der Waals surface area (Å²) in [5, 5.41) is 7.19. The molecular weight excluding hydrogens is 408 g/mol. The van der Waals surface area contributed by atoms with Gasteiger partial charge in [0, 0.05) is 10.3 Å². The summed E-state index contributed by atoms with van der Waals surface area (Å²) in [4.78, 5) is 14.2. The Morgan fingerprint density at radius 2 is 1.97 bits per heavy atom. The van der Waals surface area contributed by atoms with Gasteiger partial charge in [-0.05, 0) is 55.9 Å². The van der Waals surface area contributed by atoms with Gasteiger partial charge in [-0.2, -0.15) is 0 Å². The number of rotatable bonds is 8. The summed E-state index contributed by atoms with van der Waals surface area (Å²) >= 11 is 1.55. The number of nitrogens with one attached hydrogen (secondary N) is 2. The maximum atomic E-state index is 13.4. The summed E-state index contributed by atoms with van der Waals surface area (Å²) in [5.74, 6) is 0.0263. The highest BCUT2D eigenvalue weighted by Crippen LogP contribution is 2.42. The molecule has 158 valence electrons. The van der Waals surface area contributed by atoms with E-state index >= 15 is 0 Å². The highest BCUT2D eigenvalue weighted by molar-refractivity contribution is 7.92. The molecule has 2 heterocycles. The molecule has 1 unspecified atom stereocenters. The van der Waals surface area contributed by atoms with Gasteiger partial charge in [0.25, 0.3) is 5.91 Å². The fraction of sp³-hybridized carbons (Fsp3) is 0.476. The number of ether oxygens (including phenoxy) is 1. The van der Waals surface area contributed by atoms with Crippen LogP contribution in [0.3, 0.4) is 0 Å². The van der Waals surface area contributed by atoms with Crippen LogP contribution in [0.1, 0.15) is 41.4 Å². The second-order valence-electron chi connectivity index (χ2n) is 7.30. The average molecular weight is 437 g/mol. The Hall–Kier alpha value is -1.90. The number of carbonyl (C=O) groups is 1. The summed E-state index contributed by atoms with van der Waals surface area (Å²) < 4.78 is 32.1. The van der Waals surface area contributed by atoms with E-state index < -0.39 is 26.5 Å². The van der Waals surface area contributed by atoms with E-state index in [2.05, 4.69) is 10.6 Å². The minimum Gasteiger partial charge on any atom is -0.496 e. The molecule has 0 radical (unpaired) electrons. The van der Waals surface area contributed by atoms with Crippen LogP contribution in [0, 0.1) is 0 Å². The molecule has 3 rings (SSSR count). The van der Waals surface area contributed by atoms with E-state index in [1.54, 1.807) is 35.6 Å². The Bertz CT molecular complexity index is 920. The first-order valence-electron chi connectivity index (χ1n) is 9.85. The highest BCUT2D eigenvalue weighted by atomic mass is 32.2. The van der Waals surface area contributed by atoms with Gasteiger partial charge in [-0.25, -0.2) is 8.42 Å². The Morgan fingerprint density at radius 3 is 2.59 bits per heavy atom. The molecule has 6 nitrogen and oxygen atoms in total. The Kier molecular flexibility index (Phi) is 6.97. The molecule has 1 atom stereocenters. The molecule has 0 aliphatic carbocycles. The van der Waals surface area contributed by atoms with E-state index in [-0.39, 0.29) is 5.75 Å². The van der Waals surface area contributed by atoms with Crippen LogP contribution in [0.15, 0.2) is 41.8 Å². The monoisotopic (exact) mass is 436 g/mol. The second-order valence-corrected chi connectivity index (χ2v) is 10.5. The third-order valence-electron chi connectivity index (χ3n) is 5.47. The molecule has 1 aromatic heterocycles. The number of sulfone groups is 1. The zero-order valence-corrected chi connectivity index (χ0v) is 18.4. The summed E-state index contributed by atoms with van der Waals surface area (Å²) in [6.45, 7) is 3.26. The van der Waals surface area contributed by atoms with Gasteiger partial charge < -0.3 is 15.4 Å². The molecule has 1 amide bonds. The lowest BCUT2D eigenvalue weighted by molar-refractivity contribution is 0.0923. The topological polar surface area (TPSA) is 84.5 Å². The Morgan fingerprint density at radius 1 is 1.24 bits per heavy atom. The predicted octanol–water partition coefficient (Wildman–Crippen LogP) is 2.96. The lowest BCUT2D eigenvalue weighted by Gasteiger charge is -2.43. The van der Waals surface area contributed by atoms with Crippen molar-refractivity contribution in [2.24, 2.45) is 0 Å². The lowest BCUT2D eigenvalue weighted by Crippen LogP contribution is -2.58. The molecule has 1 aliphatic rings. The van der Waals surface area contributed by atoms with Crippen LogP contribution in [-0.4, -0.2) is 45.7 Å². The summed E-state index contributed by atoms with van der Waals surface area (Å²) in [7, 11) is -2.08. The number of methoxy groups -OCH3 is 1. The quantitative estimate of drug-likeness (QED) is 0.665. The van der Waals surface area contributed by atoms with Gasteiger partial charge in [-0.3, -0.25) is 4.79 Å². The first kappa shape index (κ1) is 21.8. The maximum absolute atomic E-state index is 13.4. The van der Waals surface area contributed by atoms with Crippen molar-refractivity contribution in [3.8, 4) is 5.75 Å². The molecular formula is C21H28N2O4S2. The molecule has 1 fully saturated rings. The largest absolute Gasteiger partial charge is 0.496 e. The minimum absolute atomic E-state index is 0.0322. The van der Waals surface area contributed by atoms with Crippen LogP contribution >= 0.6 is 11.3 Å². The van der Waals surface area contributed by atoms with Crippen LogP contribution in [0.5, 0.6) is 5.75 Å². The van der Waals surface area contributed by atoms with Gasteiger partial charge in [0.15, 0.2) is 9.84 Å². The summed E-state index contributed by atoms with van der Waals surface area (Å²) in [6, 6.07) is 10.8. The summed E-state index contributed by atoms with van der Waals surface area (Å²) in [6.07, 6.45) is 1.79. The van der Waals surface area contributed by atoms with Crippen LogP contribution < -0.4 is 15.4 Å². The number of hydrogen-bond acceptors (Lipinski definition) is 6. The van der Waals surface area contributed by atoms with Gasteiger partial charge in [0.1, 0.15) is 11.1 Å². The zero-order chi connectivity index (χ0) is 20.9. The van der Waals surface area contributed by atoms with Gasteiger partial charge >= 0.3 is 0 Å². The van der Waals surface area contributed by atoms with Crippen LogP contribution in [0.25, 0.3) is 0 Å². The van der Waals surface area contributed by atoms with Crippen molar-refractivity contribution in [3.63, 3.8) is 0 Å². The van der Waals surface area contributed by atoms with E-state index in [0.29, 0.717) is 43.7 Å². The minimum atomic E-state index is -3.57. The molecule has 2 aromatic rings. The summed E-state index contributed by atoms with van der Waals surface area (Å²) in [5.41, 5.74) is -0.313. The first-order valence-corrected chi connectivity index (χ1v) is 12.4. The van der Waals surface area contributed by atoms with Crippen molar-refractivity contribution in [2.45, 2.75) is 37.0 Å². The van der Waals surface area contributed by atoms with Crippen molar-refractivity contribution in [1.29, 1.82) is 0 Å². The molecule has 0 saturated carbocycles. The molecule has 2 N–H and O–H groups in total. The SMILES string of the molecule is CCCS(=O)(=O)C(NC(=O)c1ccccc1OC)C1(c2cccs2)CCNCC1. The van der Waals surface area contributed by atoms with Gasteiger partial charge in [-0.15, -0.1) is 11.3 Å². The second kappa shape index (κ2) is 9.28. The zero-order valence-electron chi connectivity index (χ0n) is 16.8. The fourth-order valence-corrected chi connectivity index (χ4v) is 7.31. The predicted molar refractivity (Wildman–Crippen MR) is 116 cm³/mol. The molecule has 1 aromatic carbocycles. The number of benzene rings is 1. The number of carbonyl (C=O) groups excluding carboxylic acids is 1. The average Bonchev–Trinajstić information content (AvgIpc) is 3.27. The third-order valence-corrected chi connectivity index (χ3v) is 8.83. The van der Waals surface area contributed by atoms with Gasteiger partial charge in [0.05, 0.1) is 18.4 Å². The van der Waals surface area contributed by atoms with E-state index in [9.17, 15) is 13.2 Å². The molecule has 1 saturated heterocycles. The fourth-order valence-electron chi connectivity index (χ4n) is 4.08. The van der Waals surface area contributed by atoms with Gasteiger partial charge in [-0.1, -0.05) is 25.1 Å². The molecule has 0 bridgehead atoms. The van der Waals surface area contributed by atoms with E-state index in [1.165, 1.54) is 7.11 Å². The number of hydrogen-bond donors (Lipinski definition) is 2. The van der Waals surface area contributed by atoms with Crippen LogP contribution in [-0.2, 0) is 15.3 Å². The standard InChI is InChI=1S/C21H28N2O4S2/c1-3-15-29(25,26)20(23-19(24)16-7-4-5-8-17(16)27-2)21(10-12-22-13-11-21)18-9-6-14-28-18/h4-9,14,20,22H,3,10-13,15H2,1-2H3,(H,23,24). The van der Waals surface area contributed by atoms with E-state index in [4.69, 9.17) is 4.74 Å². The van der Waals surface area contributed by atoms with Gasteiger partial charge in [0.2, 0.25) is 0 Å². The Balaban J connectivity index is 2.06. The number of piperidine rings is 1. The highest BCUT2D eigenvalue weighted by Gasteiger charge is 2.49. The normalized spacial score (nSPS) is 17.4. The van der Waals surface area contributed by atoms with Crippen molar-refractivity contribution >= 4 is 27.1 Å². The third kappa shape index (κ3) is 4.49. The molecule has 29 heavy (non-hydrogen) atoms. The van der Waals surface area contributed by atoms with Crippen molar-refractivity contribution in [1.82, 2.24) is 10.6 Å². The lowest BCUT2D eigenvalue weighted by atomic mass is 9.77. The Labute approximate surface area is 176 Å². The van der Waals surface area contributed by atoms with E-state index in [0.717, 1.165) is 4.88 Å². The first-order chi connectivity index (χ1) is 13.9. The van der Waals surface area contributed by atoms with Crippen molar-refractivity contribution in [3.05, 3.63) is 52.2 Å². The molecule has 1 aliphatic heterocycles. The van der Waals surface area contributed by atoms with Crippen molar-refractivity contribution in [2.75, 3.05) is 26.0 Å². The number of thiophene rings is 1. The maximum Gasteiger partial charge on any atom is 0.256 e. The number of para-hydroxylation sites is 1. The van der Waals surface area contributed by atoms with E-state index in [1.807, 2.05) is 24.4 Å². The molecule has 8 heteroatoms. The van der Waals surface area contributed by atoms with Crippen molar-refractivity contribution < 1.29 is 17.9 Å². The smallest absolute Gasteiger partial charge is 0.256 e. The van der Waals surface area contributed by atoms with Crippen LogP contribution in [0.2, 0.25) is 0 Å². The molecule has 0 spiro atoms.